The summed E-state index contributed by atoms with van der Waals surface area (Å²) in [4.78, 5) is 0. The molecular weight excluding hydrogens is 344 g/mol. The molecule has 1 N–H and O–H groups in total. The van der Waals surface area contributed by atoms with E-state index in [1.807, 2.05) is 35.7 Å². The lowest BCUT2D eigenvalue weighted by Gasteiger charge is -2.10. The van der Waals surface area contributed by atoms with Gasteiger partial charge in [0.15, 0.2) is 0 Å². The van der Waals surface area contributed by atoms with Crippen molar-refractivity contribution in [1.29, 1.82) is 0 Å². The normalized spacial score (nSPS) is 12.8. The molecule has 2 aromatic carbocycles. The molecule has 0 saturated heterocycles. The van der Waals surface area contributed by atoms with Crippen LogP contribution in [0.2, 0.25) is 5.02 Å². The lowest BCUT2D eigenvalue weighted by Crippen LogP contribution is -1.98. The summed E-state index contributed by atoms with van der Waals surface area (Å²) in [6, 6.07) is 13.3. The number of aliphatic hydroxyl groups excluding tert-OH is 1. The average molecular weight is 354 g/mol. The quantitative estimate of drug-likeness (QED) is 0.654. The largest absolute Gasteiger partial charge is 0.384 e. The van der Waals surface area contributed by atoms with Crippen LogP contribution in [0.25, 0.3) is 10.1 Å². The Labute approximate surface area is 128 Å². The van der Waals surface area contributed by atoms with E-state index in [0.717, 1.165) is 25.7 Å². The average Bonchev–Trinajstić information content (AvgIpc) is 2.84. The molecule has 96 valence electrons. The van der Waals surface area contributed by atoms with Gasteiger partial charge in [-0.15, -0.1) is 11.3 Å². The van der Waals surface area contributed by atoms with Gasteiger partial charge in [0.05, 0.1) is 0 Å². The molecule has 3 aromatic rings. The summed E-state index contributed by atoms with van der Waals surface area (Å²) >= 11 is 11.0. The Bertz CT molecular complexity index is 721. The summed E-state index contributed by atoms with van der Waals surface area (Å²) in [5.74, 6) is 0. The van der Waals surface area contributed by atoms with Crippen LogP contribution in [0.3, 0.4) is 0 Å². The molecule has 0 aliphatic carbocycles. The van der Waals surface area contributed by atoms with Gasteiger partial charge >= 0.3 is 0 Å². The zero-order valence-electron chi connectivity index (χ0n) is 9.81. The topological polar surface area (TPSA) is 20.2 Å². The molecule has 4 heteroatoms. The molecule has 0 spiro atoms. The highest BCUT2D eigenvalue weighted by molar-refractivity contribution is 9.10. The lowest BCUT2D eigenvalue weighted by molar-refractivity contribution is 0.222. The SMILES string of the molecule is OC(c1ccc(Cl)cc1)c1csc2c(Br)cccc12. The van der Waals surface area contributed by atoms with E-state index in [9.17, 15) is 5.11 Å². The Kier molecular flexibility index (Phi) is 3.63. The van der Waals surface area contributed by atoms with Gasteiger partial charge < -0.3 is 5.11 Å². The summed E-state index contributed by atoms with van der Waals surface area (Å²) in [6.45, 7) is 0. The van der Waals surface area contributed by atoms with E-state index in [4.69, 9.17) is 11.6 Å². The summed E-state index contributed by atoms with van der Waals surface area (Å²) in [5.41, 5.74) is 1.78. The molecule has 0 fully saturated rings. The highest BCUT2D eigenvalue weighted by Crippen LogP contribution is 2.37. The van der Waals surface area contributed by atoms with Crippen LogP contribution in [0.4, 0.5) is 0 Å². The van der Waals surface area contributed by atoms with Crippen molar-refractivity contribution >= 4 is 49.0 Å². The Morgan fingerprint density at radius 1 is 1.11 bits per heavy atom. The van der Waals surface area contributed by atoms with Crippen LogP contribution in [0.5, 0.6) is 0 Å². The second kappa shape index (κ2) is 5.25. The van der Waals surface area contributed by atoms with E-state index in [1.165, 1.54) is 0 Å². The first kappa shape index (κ1) is 13.1. The molecule has 1 aromatic heterocycles. The molecule has 1 unspecified atom stereocenters. The van der Waals surface area contributed by atoms with Gasteiger partial charge in [-0.2, -0.15) is 0 Å². The number of aliphatic hydroxyl groups is 1. The molecular formula is C15H10BrClOS. The van der Waals surface area contributed by atoms with Gasteiger partial charge in [0.2, 0.25) is 0 Å². The molecule has 0 saturated carbocycles. The third kappa shape index (κ3) is 2.43. The van der Waals surface area contributed by atoms with Crippen molar-refractivity contribution in [1.82, 2.24) is 0 Å². The molecule has 3 rings (SSSR count). The maximum Gasteiger partial charge on any atom is 0.105 e. The highest BCUT2D eigenvalue weighted by atomic mass is 79.9. The van der Waals surface area contributed by atoms with Crippen LogP contribution < -0.4 is 0 Å². The van der Waals surface area contributed by atoms with E-state index in [0.29, 0.717) is 5.02 Å². The zero-order valence-corrected chi connectivity index (χ0v) is 13.0. The van der Waals surface area contributed by atoms with Gasteiger partial charge in [-0.25, -0.2) is 0 Å². The summed E-state index contributed by atoms with van der Waals surface area (Å²) in [5, 5.41) is 14.3. The first-order valence-corrected chi connectivity index (χ1v) is 7.81. The Balaban J connectivity index is 2.09. The third-order valence-corrected chi connectivity index (χ3v) is 5.28. The van der Waals surface area contributed by atoms with Gasteiger partial charge in [-0.1, -0.05) is 35.9 Å². The van der Waals surface area contributed by atoms with E-state index in [1.54, 1.807) is 23.5 Å². The van der Waals surface area contributed by atoms with Crippen LogP contribution in [-0.4, -0.2) is 5.11 Å². The fraction of sp³-hybridized carbons (Fsp3) is 0.0667. The summed E-state index contributed by atoms with van der Waals surface area (Å²) < 4.78 is 2.22. The van der Waals surface area contributed by atoms with Crippen molar-refractivity contribution in [3.8, 4) is 0 Å². The van der Waals surface area contributed by atoms with Crippen molar-refractivity contribution in [3.63, 3.8) is 0 Å². The van der Waals surface area contributed by atoms with E-state index >= 15 is 0 Å². The van der Waals surface area contributed by atoms with Crippen molar-refractivity contribution in [2.75, 3.05) is 0 Å². The number of hydrogen-bond donors (Lipinski definition) is 1. The van der Waals surface area contributed by atoms with Crippen LogP contribution in [0.15, 0.2) is 52.3 Å². The smallest absolute Gasteiger partial charge is 0.105 e. The Hall–Kier alpha value is -0.870. The third-order valence-electron chi connectivity index (χ3n) is 3.06. The van der Waals surface area contributed by atoms with Crippen molar-refractivity contribution in [2.45, 2.75) is 6.10 Å². The van der Waals surface area contributed by atoms with Crippen LogP contribution in [0, 0.1) is 0 Å². The van der Waals surface area contributed by atoms with Crippen molar-refractivity contribution in [2.24, 2.45) is 0 Å². The number of rotatable bonds is 2. The molecule has 0 radical (unpaired) electrons. The first-order chi connectivity index (χ1) is 9.16. The molecule has 0 aliphatic heterocycles. The molecule has 0 amide bonds. The minimum atomic E-state index is -0.625. The minimum Gasteiger partial charge on any atom is -0.384 e. The van der Waals surface area contributed by atoms with Gasteiger partial charge in [-0.3, -0.25) is 0 Å². The van der Waals surface area contributed by atoms with Gasteiger partial charge in [0.25, 0.3) is 0 Å². The second-order valence-corrected chi connectivity index (χ2v) is 6.43. The molecule has 1 atom stereocenters. The number of benzene rings is 2. The van der Waals surface area contributed by atoms with E-state index < -0.39 is 6.10 Å². The highest BCUT2D eigenvalue weighted by Gasteiger charge is 2.16. The summed E-state index contributed by atoms with van der Waals surface area (Å²) in [7, 11) is 0. The van der Waals surface area contributed by atoms with Gasteiger partial charge in [0.1, 0.15) is 6.10 Å². The minimum absolute atomic E-state index is 0.625. The number of fused-ring (bicyclic) bond motifs is 1. The van der Waals surface area contributed by atoms with E-state index in [2.05, 4.69) is 15.9 Å². The Morgan fingerprint density at radius 3 is 2.58 bits per heavy atom. The van der Waals surface area contributed by atoms with Gasteiger partial charge in [-0.05, 0) is 50.5 Å². The maximum atomic E-state index is 10.5. The fourth-order valence-electron chi connectivity index (χ4n) is 2.08. The molecule has 1 heterocycles. The van der Waals surface area contributed by atoms with Crippen molar-refractivity contribution in [3.05, 3.63) is 68.5 Å². The monoisotopic (exact) mass is 352 g/mol. The molecule has 1 nitrogen and oxygen atoms in total. The van der Waals surface area contributed by atoms with Crippen LogP contribution in [-0.2, 0) is 0 Å². The van der Waals surface area contributed by atoms with Crippen molar-refractivity contribution < 1.29 is 5.11 Å². The molecule has 0 aliphatic rings. The first-order valence-electron chi connectivity index (χ1n) is 5.76. The predicted octanol–water partition coefficient (Wildman–Crippen LogP) is 5.40. The summed E-state index contributed by atoms with van der Waals surface area (Å²) in [6.07, 6.45) is -0.625. The standard InChI is InChI=1S/C15H10BrClOS/c16-13-3-1-2-11-12(8-19-15(11)13)14(18)9-4-6-10(17)7-5-9/h1-8,14,18H. The van der Waals surface area contributed by atoms with E-state index in [-0.39, 0.29) is 0 Å². The zero-order chi connectivity index (χ0) is 13.4. The van der Waals surface area contributed by atoms with Gasteiger partial charge in [0, 0.05) is 19.8 Å². The van der Waals surface area contributed by atoms with Crippen LogP contribution in [0.1, 0.15) is 17.2 Å². The fourth-order valence-corrected chi connectivity index (χ4v) is 3.84. The van der Waals surface area contributed by atoms with Crippen LogP contribution >= 0.6 is 38.9 Å². The second-order valence-electron chi connectivity index (χ2n) is 4.26. The maximum absolute atomic E-state index is 10.5. The lowest BCUT2D eigenvalue weighted by atomic mass is 10.0. The Morgan fingerprint density at radius 2 is 1.84 bits per heavy atom. The number of hydrogen-bond acceptors (Lipinski definition) is 2. The predicted molar refractivity (Wildman–Crippen MR) is 85.0 cm³/mol. The number of halogens is 2. The number of thiophene rings is 1. The molecule has 0 bridgehead atoms. The molecule has 19 heavy (non-hydrogen) atoms.